The molecule has 8 rings (SSSR count). The Bertz CT molecular complexity index is 1400. The number of carbonyl (C=O) groups excluding carboxylic acids is 2. The van der Waals surface area contributed by atoms with E-state index in [1.807, 2.05) is 24.9 Å². The Morgan fingerprint density at radius 2 is 2.00 bits per heavy atom. The van der Waals surface area contributed by atoms with Gasteiger partial charge in [0.15, 0.2) is 5.69 Å². The summed E-state index contributed by atoms with van der Waals surface area (Å²) in [6.07, 6.45) is 6.68. The van der Waals surface area contributed by atoms with E-state index in [0.29, 0.717) is 43.5 Å². The van der Waals surface area contributed by atoms with E-state index in [4.69, 9.17) is 9.47 Å². The van der Waals surface area contributed by atoms with Crippen LogP contribution in [-0.4, -0.2) is 88.2 Å². The summed E-state index contributed by atoms with van der Waals surface area (Å²) in [5, 5.41) is 4.43. The maximum atomic E-state index is 14.6. The molecule has 2 aliphatic carbocycles. The molecule has 9 nitrogen and oxygen atoms in total. The van der Waals surface area contributed by atoms with Gasteiger partial charge in [-0.25, -0.2) is 9.18 Å². The van der Waals surface area contributed by atoms with Crippen LogP contribution in [0.1, 0.15) is 68.1 Å². The normalized spacial score (nSPS) is 33.2. The maximum Gasteiger partial charge on any atom is 0.411 e. The van der Waals surface area contributed by atoms with Crippen LogP contribution in [0.2, 0.25) is 0 Å². The molecular weight excluding hydrogens is 525 g/mol. The number of benzene rings is 1. The number of fused-ring (bicyclic) bond motifs is 2. The van der Waals surface area contributed by atoms with Gasteiger partial charge in [-0.2, -0.15) is 5.10 Å². The summed E-state index contributed by atoms with van der Waals surface area (Å²) >= 11 is 0. The standard InChI is InChI=1S/C31H38FN5O4.H2/c1-19-13-25(33-34(19)2)28(38)36-18-30(24-15-21(32)4-5-26(24)36)8-10-35(11-9-30)22-14-20-3-6-27-31(20,16-22)37(27)29(39)41-23-7-12-40-17-23;/h4-5,13,15,20,22-23,27H,3,6-12,14,16-18H2,1-2H3;1H/t20?,22?,23-,27?,31?,37?;/m0./s1. The second-order valence-corrected chi connectivity index (χ2v) is 13.3. The van der Waals surface area contributed by atoms with Crippen molar-refractivity contribution in [3.8, 4) is 0 Å². The van der Waals surface area contributed by atoms with Gasteiger partial charge >= 0.3 is 6.09 Å². The van der Waals surface area contributed by atoms with E-state index in [2.05, 4.69) is 14.9 Å². The fraction of sp³-hybridized carbons (Fsp3) is 0.645. The zero-order valence-corrected chi connectivity index (χ0v) is 23.9. The summed E-state index contributed by atoms with van der Waals surface area (Å²) in [4.78, 5) is 33.2. The molecule has 41 heavy (non-hydrogen) atoms. The van der Waals surface area contributed by atoms with Gasteiger partial charge in [-0.3, -0.25) is 14.4 Å². The third-order valence-electron chi connectivity index (χ3n) is 11.4. The highest BCUT2D eigenvalue weighted by molar-refractivity contribution is 6.06. The Hall–Kier alpha value is -2.98. The van der Waals surface area contributed by atoms with E-state index in [-0.39, 0.29) is 36.3 Å². The summed E-state index contributed by atoms with van der Waals surface area (Å²) in [5.74, 6) is 0.156. The van der Waals surface area contributed by atoms with Crippen molar-refractivity contribution in [2.24, 2.45) is 13.0 Å². The summed E-state index contributed by atoms with van der Waals surface area (Å²) < 4.78 is 27.5. The quantitative estimate of drug-likeness (QED) is 0.523. The summed E-state index contributed by atoms with van der Waals surface area (Å²) in [6, 6.07) is 7.44. The molecule has 0 bridgehead atoms. The minimum absolute atomic E-state index is 0. The molecule has 5 heterocycles. The number of hydrogen-bond donors (Lipinski definition) is 0. The van der Waals surface area contributed by atoms with Crippen molar-refractivity contribution in [2.45, 2.75) is 81.0 Å². The number of piperidine rings is 2. The number of aromatic nitrogens is 2. The molecule has 0 N–H and O–H groups in total. The van der Waals surface area contributed by atoms with E-state index < -0.39 is 0 Å². The van der Waals surface area contributed by atoms with E-state index in [1.54, 1.807) is 16.8 Å². The predicted molar refractivity (Wildman–Crippen MR) is 150 cm³/mol. The maximum absolute atomic E-state index is 14.6. The van der Waals surface area contributed by atoms with E-state index in [0.717, 1.165) is 68.6 Å². The van der Waals surface area contributed by atoms with E-state index in [9.17, 15) is 14.0 Å². The predicted octanol–water partition coefficient (Wildman–Crippen LogP) is 4.03. The Morgan fingerprint density at radius 3 is 2.73 bits per heavy atom. The fourth-order valence-corrected chi connectivity index (χ4v) is 9.13. The van der Waals surface area contributed by atoms with Gasteiger partial charge in [0.25, 0.3) is 5.91 Å². The molecule has 220 valence electrons. The average Bonchev–Trinajstić information content (AvgIpc) is 3.57. The van der Waals surface area contributed by atoms with Crippen LogP contribution in [0.15, 0.2) is 24.3 Å². The van der Waals surface area contributed by atoms with Crippen LogP contribution in [0, 0.1) is 18.7 Å². The highest BCUT2D eigenvalue weighted by atomic mass is 19.1. The average molecular weight is 566 g/mol. The van der Waals surface area contributed by atoms with Crippen molar-refractivity contribution in [2.75, 3.05) is 37.7 Å². The van der Waals surface area contributed by atoms with Gasteiger partial charge in [-0.1, -0.05) is 0 Å². The van der Waals surface area contributed by atoms with Crippen molar-refractivity contribution in [3.63, 3.8) is 0 Å². The third kappa shape index (κ3) is 3.75. The molecule has 2 amide bonds. The SMILES string of the molecule is Cc1cc(C(=O)N2CC3(CCN(C4CC5CCC6N(C(=O)O[C@H]7CCOC7)C56C4)CC3)c3cc(F)ccc32)nn1C.[HH]. The van der Waals surface area contributed by atoms with Crippen LogP contribution >= 0.6 is 0 Å². The van der Waals surface area contributed by atoms with Crippen molar-refractivity contribution >= 4 is 17.7 Å². The van der Waals surface area contributed by atoms with Crippen molar-refractivity contribution < 1.29 is 24.9 Å². The first-order valence-corrected chi connectivity index (χ1v) is 15.2. The molecule has 2 aromatic rings. The number of halogens is 1. The molecule has 1 aromatic heterocycles. The highest BCUT2D eigenvalue weighted by Crippen LogP contribution is 2.65. The van der Waals surface area contributed by atoms with Gasteiger partial charge in [-0.05, 0) is 94.3 Å². The van der Waals surface area contributed by atoms with Crippen molar-refractivity contribution in [3.05, 3.63) is 47.0 Å². The number of aryl methyl sites for hydroxylation is 2. The molecule has 1 aromatic carbocycles. The van der Waals surface area contributed by atoms with Gasteiger partial charge in [0.2, 0.25) is 0 Å². The van der Waals surface area contributed by atoms with E-state index >= 15 is 0 Å². The zero-order chi connectivity index (χ0) is 28.1. The Balaban J connectivity index is 0.00000288. The molecule has 4 unspecified atom stereocenters. The van der Waals surface area contributed by atoms with Crippen LogP contribution in [-0.2, 0) is 21.9 Å². The van der Waals surface area contributed by atoms with Crippen molar-refractivity contribution in [1.29, 1.82) is 0 Å². The highest BCUT2D eigenvalue weighted by Gasteiger charge is 2.75. The summed E-state index contributed by atoms with van der Waals surface area (Å²) in [6.45, 7) is 5.47. The Morgan fingerprint density at radius 1 is 1.17 bits per heavy atom. The number of ether oxygens (including phenoxy) is 2. The Labute approximate surface area is 241 Å². The Kier molecular flexibility index (Phi) is 5.65. The van der Waals surface area contributed by atoms with Gasteiger partial charge in [-0.15, -0.1) is 0 Å². The lowest BCUT2D eigenvalue weighted by molar-refractivity contribution is 0.0638. The smallest absolute Gasteiger partial charge is 0.411 e. The van der Waals surface area contributed by atoms with E-state index in [1.165, 1.54) is 12.5 Å². The second kappa shape index (κ2) is 9.01. The summed E-state index contributed by atoms with van der Waals surface area (Å²) in [5.41, 5.74) is 2.82. The molecular formula is C31H40FN5O4. The van der Waals surface area contributed by atoms with Crippen LogP contribution in [0.3, 0.4) is 0 Å². The molecule has 3 saturated heterocycles. The minimum Gasteiger partial charge on any atom is -0.444 e. The molecule has 0 radical (unpaired) electrons. The molecule has 2 spiro atoms. The molecule has 5 fully saturated rings. The number of likely N-dealkylation sites (tertiary alicyclic amines) is 2. The van der Waals surface area contributed by atoms with Crippen LogP contribution in [0.4, 0.5) is 14.9 Å². The molecule has 10 heteroatoms. The molecule has 2 saturated carbocycles. The number of carbonyl (C=O) groups is 2. The number of nitrogens with zero attached hydrogens (tertiary/aromatic N) is 5. The molecule has 6 aliphatic rings. The van der Waals surface area contributed by atoms with Crippen molar-refractivity contribution in [1.82, 2.24) is 19.6 Å². The van der Waals surface area contributed by atoms with Gasteiger partial charge in [0.1, 0.15) is 11.9 Å². The number of hydrogen-bond acceptors (Lipinski definition) is 6. The summed E-state index contributed by atoms with van der Waals surface area (Å²) in [7, 11) is 1.84. The first-order chi connectivity index (χ1) is 19.8. The molecule has 4 aliphatic heterocycles. The second-order valence-electron chi connectivity index (χ2n) is 13.3. The largest absolute Gasteiger partial charge is 0.444 e. The fourth-order valence-electron chi connectivity index (χ4n) is 9.13. The van der Waals surface area contributed by atoms with Gasteiger partial charge in [0.05, 0.1) is 24.8 Å². The topological polar surface area (TPSA) is 79.9 Å². The van der Waals surface area contributed by atoms with Crippen LogP contribution in [0.5, 0.6) is 0 Å². The number of anilines is 1. The first-order valence-electron chi connectivity index (χ1n) is 15.2. The minimum atomic E-state index is -0.262. The number of rotatable bonds is 3. The lowest BCUT2D eigenvalue weighted by Gasteiger charge is -2.42. The van der Waals surface area contributed by atoms with Gasteiger partial charge in [0, 0.05) is 44.3 Å². The first kappa shape index (κ1) is 25.7. The third-order valence-corrected chi connectivity index (χ3v) is 11.4. The van der Waals surface area contributed by atoms with Crippen LogP contribution < -0.4 is 4.90 Å². The van der Waals surface area contributed by atoms with Crippen LogP contribution in [0.25, 0.3) is 0 Å². The zero-order valence-electron chi connectivity index (χ0n) is 23.9. The number of amides is 2. The van der Waals surface area contributed by atoms with Gasteiger partial charge < -0.3 is 19.3 Å². The lowest BCUT2D eigenvalue weighted by Crippen LogP contribution is -2.49. The molecule has 5 atom stereocenters. The lowest BCUT2D eigenvalue weighted by atomic mass is 9.74. The monoisotopic (exact) mass is 565 g/mol.